The summed E-state index contributed by atoms with van der Waals surface area (Å²) in [6.07, 6.45) is 1.68. The van der Waals surface area contributed by atoms with E-state index in [2.05, 4.69) is 10.3 Å². The first kappa shape index (κ1) is 12.9. The van der Waals surface area contributed by atoms with Gasteiger partial charge >= 0.3 is 0 Å². The molecule has 0 aliphatic carbocycles. The van der Waals surface area contributed by atoms with Gasteiger partial charge in [0.25, 0.3) is 5.91 Å². The lowest BCUT2D eigenvalue weighted by molar-refractivity contribution is 0.102. The van der Waals surface area contributed by atoms with Crippen LogP contribution in [-0.2, 0) is 0 Å². The zero-order chi connectivity index (χ0) is 14.8. The predicted molar refractivity (Wildman–Crippen MR) is 79.5 cm³/mol. The van der Waals surface area contributed by atoms with Crippen molar-refractivity contribution in [3.8, 4) is 11.5 Å². The number of aromatic nitrogens is 1. The predicted octanol–water partition coefficient (Wildman–Crippen LogP) is 2.90. The maximum atomic E-state index is 12.2. The fourth-order valence-electron chi connectivity index (χ4n) is 2.12. The van der Waals surface area contributed by atoms with Crippen molar-refractivity contribution in [2.75, 3.05) is 5.32 Å². The minimum Gasteiger partial charge on any atom is -0.504 e. The fraction of sp³-hybridized carbons (Fsp3) is 0. The molecular formula is C16H12N2O3. The Hall–Kier alpha value is -3.08. The van der Waals surface area contributed by atoms with E-state index in [1.807, 2.05) is 12.1 Å². The minimum atomic E-state index is -0.500. The van der Waals surface area contributed by atoms with Crippen molar-refractivity contribution in [1.29, 1.82) is 0 Å². The van der Waals surface area contributed by atoms with Gasteiger partial charge in [-0.2, -0.15) is 0 Å². The zero-order valence-electron chi connectivity index (χ0n) is 10.9. The van der Waals surface area contributed by atoms with E-state index in [4.69, 9.17) is 0 Å². The molecular weight excluding hydrogens is 268 g/mol. The van der Waals surface area contributed by atoms with Crippen LogP contribution in [0.2, 0.25) is 0 Å². The highest BCUT2D eigenvalue weighted by molar-refractivity contribution is 6.10. The second-order valence-corrected chi connectivity index (χ2v) is 4.50. The maximum absolute atomic E-state index is 12.2. The average molecular weight is 280 g/mol. The molecule has 2 aromatic carbocycles. The zero-order valence-corrected chi connectivity index (χ0v) is 10.9. The topological polar surface area (TPSA) is 82.5 Å². The summed E-state index contributed by atoms with van der Waals surface area (Å²) in [6.45, 7) is 0. The van der Waals surface area contributed by atoms with Gasteiger partial charge in [-0.05, 0) is 36.4 Å². The van der Waals surface area contributed by atoms with E-state index >= 15 is 0 Å². The van der Waals surface area contributed by atoms with E-state index in [0.717, 1.165) is 10.9 Å². The first-order valence-corrected chi connectivity index (χ1v) is 6.33. The number of benzene rings is 2. The highest BCUT2D eigenvalue weighted by Gasteiger charge is 2.14. The highest BCUT2D eigenvalue weighted by atomic mass is 16.3. The second-order valence-electron chi connectivity index (χ2n) is 4.50. The third kappa shape index (κ3) is 2.36. The third-order valence-electron chi connectivity index (χ3n) is 3.15. The molecule has 0 spiro atoms. The van der Waals surface area contributed by atoms with Crippen LogP contribution >= 0.6 is 0 Å². The van der Waals surface area contributed by atoms with Gasteiger partial charge in [-0.25, -0.2) is 0 Å². The van der Waals surface area contributed by atoms with Gasteiger partial charge in [0.1, 0.15) is 0 Å². The molecule has 0 saturated heterocycles. The van der Waals surface area contributed by atoms with Crippen LogP contribution < -0.4 is 5.32 Å². The van der Waals surface area contributed by atoms with Crippen LogP contribution in [0, 0.1) is 0 Å². The number of nitrogens with zero attached hydrogens (tertiary/aromatic N) is 1. The Morgan fingerprint density at radius 3 is 2.67 bits per heavy atom. The van der Waals surface area contributed by atoms with E-state index in [9.17, 15) is 15.0 Å². The Morgan fingerprint density at radius 1 is 1.00 bits per heavy atom. The van der Waals surface area contributed by atoms with Crippen LogP contribution in [0.15, 0.2) is 54.7 Å². The normalized spacial score (nSPS) is 10.5. The van der Waals surface area contributed by atoms with Gasteiger partial charge in [0.15, 0.2) is 11.5 Å². The van der Waals surface area contributed by atoms with Crippen LogP contribution in [0.5, 0.6) is 11.5 Å². The number of hydrogen-bond acceptors (Lipinski definition) is 4. The lowest BCUT2D eigenvalue weighted by atomic mass is 10.1. The summed E-state index contributed by atoms with van der Waals surface area (Å²) in [5, 5.41) is 22.7. The van der Waals surface area contributed by atoms with Crippen molar-refractivity contribution >= 4 is 22.5 Å². The van der Waals surface area contributed by atoms with Gasteiger partial charge in [-0.15, -0.1) is 0 Å². The van der Waals surface area contributed by atoms with Crippen LogP contribution in [0.3, 0.4) is 0 Å². The number of carbonyl (C=O) groups excluding carboxylic acids is 1. The van der Waals surface area contributed by atoms with Crippen molar-refractivity contribution in [2.45, 2.75) is 0 Å². The molecule has 0 aliphatic heterocycles. The summed E-state index contributed by atoms with van der Waals surface area (Å²) in [6, 6.07) is 13.3. The molecule has 21 heavy (non-hydrogen) atoms. The maximum Gasteiger partial charge on any atom is 0.259 e. The average Bonchev–Trinajstić information content (AvgIpc) is 2.50. The Balaban J connectivity index is 1.99. The van der Waals surface area contributed by atoms with E-state index in [1.165, 1.54) is 18.2 Å². The third-order valence-corrected chi connectivity index (χ3v) is 3.15. The first-order valence-electron chi connectivity index (χ1n) is 6.33. The Morgan fingerprint density at radius 2 is 1.81 bits per heavy atom. The number of fused-ring (bicyclic) bond motifs is 1. The number of anilines is 1. The van der Waals surface area contributed by atoms with Crippen molar-refractivity contribution in [3.05, 3.63) is 60.3 Å². The van der Waals surface area contributed by atoms with Gasteiger partial charge in [0, 0.05) is 11.6 Å². The molecule has 1 heterocycles. The van der Waals surface area contributed by atoms with E-state index < -0.39 is 11.7 Å². The van der Waals surface area contributed by atoms with Crippen LogP contribution in [-0.4, -0.2) is 21.1 Å². The van der Waals surface area contributed by atoms with Gasteiger partial charge in [-0.3, -0.25) is 9.78 Å². The fourth-order valence-corrected chi connectivity index (χ4v) is 2.12. The summed E-state index contributed by atoms with van der Waals surface area (Å²) in [7, 11) is 0. The van der Waals surface area contributed by atoms with Crippen molar-refractivity contribution in [3.63, 3.8) is 0 Å². The van der Waals surface area contributed by atoms with Crippen molar-refractivity contribution < 1.29 is 15.0 Å². The number of phenols is 2. The van der Waals surface area contributed by atoms with Crippen LogP contribution in [0.4, 0.5) is 5.69 Å². The van der Waals surface area contributed by atoms with Gasteiger partial charge < -0.3 is 15.5 Å². The highest BCUT2D eigenvalue weighted by Crippen LogP contribution is 2.29. The molecule has 0 atom stereocenters. The number of para-hydroxylation sites is 1. The standard InChI is InChI=1S/C16H12N2O3/c19-14-8-1-4-11(15(14)20)16(21)18-13-7-2-6-12-10(13)5-3-9-17-12/h1-9,19-20H,(H,18,21). The van der Waals surface area contributed by atoms with E-state index in [1.54, 1.807) is 24.4 Å². The molecule has 5 heteroatoms. The molecule has 5 nitrogen and oxygen atoms in total. The molecule has 0 bridgehead atoms. The Kier molecular flexibility index (Phi) is 3.16. The number of carbonyl (C=O) groups is 1. The largest absolute Gasteiger partial charge is 0.504 e. The van der Waals surface area contributed by atoms with E-state index in [0.29, 0.717) is 5.69 Å². The second kappa shape index (κ2) is 5.13. The molecule has 3 N–H and O–H groups in total. The SMILES string of the molecule is O=C(Nc1cccc2ncccc12)c1cccc(O)c1O. The number of amides is 1. The number of rotatable bonds is 2. The molecule has 1 amide bonds. The molecule has 3 aromatic rings. The van der Waals surface area contributed by atoms with Gasteiger partial charge in [-0.1, -0.05) is 12.1 Å². The minimum absolute atomic E-state index is 0.0101. The molecule has 0 radical (unpaired) electrons. The summed E-state index contributed by atoms with van der Waals surface area (Å²) in [5.41, 5.74) is 1.36. The monoisotopic (exact) mass is 280 g/mol. The smallest absolute Gasteiger partial charge is 0.259 e. The van der Waals surface area contributed by atoms with Crippen molar-refractivity contribution in [2.24, 2.45) is 0 Å². The lowest BCUT2D eigenvalue weighted by Gasteiger charge is -2.09. The van der Waals surface area contributed by atoms with Crippen LogP contribution in [0.25, 0.3) is 10.9 Å². The quantitative estimate of drug-likeness (QED) is 0.630. The molecule has 3 rings (SSSR count). The number of nitrogens with one attached hydrogen (secondary N) is 1. The lowest BCUT2D eigenvalue weighted by Crippen LogP contribution is -2.12. The molecule has 1 aromatic heterocycles. The summed E-state index contributed by atoms with van der Waals surface area (Å²) in [4.78, 5) is 16.4. The molecule has 0 unspecified atom stereocenters. The van der Waals surface area contributed by atoms with Gasteiger partial charge in [0.2, 0.25) is 0 Å². The van der Waals surface area contributed by atoms with E-state index in [-0.39, 0.29) is 11.3 Å². The molecule has 0 aliphatic rings. The number of hydrogen-bond donors (Lipinski definition) is 3. The van der Waals surface area contributed by atoms with Crippen molar-refractivity contribution in [1.82, 2.24) is 4.98 Å². The Labute approximate surface area is 120 Å². The summed E-state index contributed by atoms with van der Waals surface area (Å²) in [5.74, 6) is -1.27. The van der Waals surface area contributed by atoms with Gasteiger partial charge in [0.05, 0.1) is 16.8 Å². The first-order chi connectivity index (χ1) is 10.2. The molecule has 104 valence electrons. The molecule has 0 saturated carbocycles. The summed E-state index contributed by atoms with van der Waals surface area (Å²) < 4.78 is 0. The molecule has 0 fully saturated rings. The summed E-state index contributed by atoms with van der Waals surface area (Å²) >= 11 is 0. The Bertz CT molecular complexity index is 825. The number of aromatic hydroxyl groups is 2. The number of phenolic OH excluding ortho intramolecular Hbond substituents is 2. The van der Waals surface area contributed by atoms with Crippen LogP contribution in [0.1, 0.15) is 10.4 Å². The number of pyridine rings is 1.